The number of rotatable bonds is 1. The van der Waals surface area contributed by atoms with E-state index >= 15 is 0 Å². The Morgan fingerprint density at radius 1 is 1.10 bits per heavy atom. The fourth-order valence-electron chi connectivity index (χ4n) is 1.65. The van der Waals surface area contributed by atoms with Crippen molar-refractivity contribution in [2.24, 2.45) is 11.7 Å². The summed E-state index contributed by atoms with van der Waals surface area (Å²) in [5.41, 5.74) is 5.70. The van der Waals surface area contributed by atoms with E-state index in [4.69, 9.17) is 5.73 Å². The molecule has 1 aliphatic carbocycles. The maximum absolute atomic E-state index is 5.70. The van der Waals surface area contributed by atoms with Crippen LogP contribution in [-0.2, 0) is 0 Å². The molecule has 0 aliphatic heterocycles. The second-order valence-corrected chi connectivity index (χ2v) is 3.84. The lowest BCUT2D eigenvalue weighted by Crippen LogP contribution is -2.23. The normalized spacial score (nSPS) is 25.8. The van der Waals surface area contributed by atoms with E-state index < -0.39 is 0 Å². The van der Waals surface area contributed by atoms with Gasteiger partial charge in [-0.3, -0.25) is 0 Å². The van der Waals surface area contributed by atoms with E-state index in [1.54, 1.807) is 0 Å². The van der Waals surface area contributed by atoms with Crippen LogP contribution in [0.4, 0.5) is 0 Å². The minimum Gasteiger partial charge on any atom is -0.319 e. The molecule has 1 atom stereocenters. The lowest BCUT2D eigenvalue weighted by atomic mass is 10.0. The Bertz CT molecular complexity index is 85.3. The van der Waals surface area contributed by atoms with Gasteiger partial charge in [-0.25, -0.2) is 0 Å². The second-order valence-electron chi connectivity index (χ2n) is 3.24. The van der Waals surface area contributed by atoms with Gasteiger partial charge in [0.2, 0.25) is 0 Å². The Morgan fingerprint density at radius 3 is 2.00 bits per heavy atom. The zero-order valence-electron chi connectivity index (χ0n) is 6.42. The first-order valence-electron chi connectivity index (χ1n) is 4.24. The van der Waals surface area contributed by atoms with Crippen LogP contribution < -0.4 is 5.73 Å². The third-order valence-electron chi connectivity index (χ3n) is 2.38. The van der Waals surface area contributed by atoms with Crippen molar-refractivity contribution in [3.05, 3.63) is 0 Å². The van der Waals surface area contributed by atoms with Gasteiger partial charge in [-0.1, -0.05) is 25.7 Å². The molecule has 0 aromatic carbocycles. The topological polar surface area (TPSA) is 26.0 Å². The highest BCUT2D eigenvalue weighted by Gasteiger charge is 2.15. The van der Waals surface area contributed by atoms with Crippen LogP contribution in [-0.4, -0.2) is 5.37 Å². The summed E-state index contributed by atoms with van der Waals surface area (Å²) in [7, 11) is 0. The molecule has 0 bridgehead atoms. The molecule has 1 unspecified atom stereocenters. The van der Waals surface area contributed by atoms with Crippen LogP contribution in [0.2, 0.25) is 0 Å². The van der Waals surface area contributed by atoms with Gasteiger partial charge in [0.25, 0.3) is 0 Å². The van der Waals surface area contributed by atoms with Gasteiger partial charge in [-0.2, -0.15) is 12.6 Å². The molecule has 1 saturated carbocycles. The van der Waals surface area contributed by atoms with Gasteiger partial charge < -0.3 is 5.73 Å². The van der Waals surface area contributed by atoms with Crippen LogP contribution in [0.15, 0.2) is 0 Å². The van der Waals surface area contributed by atoms with Crippen molar-refractivity contribution in [1.82, 2.24) is 0 Å². The molecule has 0 aromatic rings. The van der Waals surface area contributed by atoms with Gasteiger partial charge in [0.15, 0.2) is 0 Å². The average Bonchev–Trinajstić information content (AvgIpc) is 2.12. The summed E-state index contributed by atoms with van der Waals surface area (Å²) < 4.78 is 0. The number of hydrogen-bond acceptors (Lipinski definition) is 2. The summed E-state index contributed by atoms with van der Waals surface area (Å²) in [6, 6.07) is 0. The summed E-state index contributed by atoms with van der Waals surface area (Å²) in [6.45, 7) is 0. The lowest BCUT2D eigenvalue weighted by molar-refractivity contribution is 0.450. The van der Waals surface area contributed by atoms with Crippen molar-refractivity contribution in [3.8, 4) is 0 Å². The van der Waals surface area contributed by atoms with E-state index in [9.17, 15) is 0 Å². The molecule has 1 fully saturated rings. The van der Waals surface area contributed by atoms with Crippen LogP contribution >= 0.6 is 12.6 Å². The van der Waals surface area contributed by atoms with Crippen molar-refractivity contribution in [2.45, 2.75) is 43.9 Å². The fraction of sp³-hybridized carbons (Fsp3) is 1.00. The predicted molar refractivity (Wildman–Crippen MR) is 48.2 cm³/mol. The van der Waals surface area contributed by atoms with Gasteiger partial charge in [0.05, 0.1) is 5.37 Å². The molecule has 0 radical (unpaired) electrons. The molecule has 0 heterocycles. The van der Waals surface area contributed by atoms with Gasteiger partial charge in [-0.15, -0.1) is 0 Å². The Labute approximate surface area is 68.8 Å². The van der Waals surface area contributed by atoms with Crippen LogP contribution in [0.5, 0.6) is 0 Å². The van der Waals surface area contributed by atoms with Crippen LogP contribution in [0.3, 0.4) is 0 Å². The smallest absolute Gasteiger partial charge is 0.0505 e. The van der Waals surface area contributed by atoms with Crippen LogP contribution in [0.1, 0.15) is 38.5 Å². The van der Waals surface area contributed by atoms with Crippen molar-refractivity contribution in [2.75, 3.05) is 0 Å². The average molecular weight is 159 g/mol. The summed E-state index contributed by atoms with van der Waals surface area (Å²) in [5.74, 6) is 0.686. The molecule has 2 heteroatoms. The van der Waals surface area contributed by atoms with Crippen LogP contribution in [0, 0.1) is 5.92 Å². The van der Waals surface area contributed by atoms with E-state index in [1.165, 1.54) is 38.5 Å². The van der Waals surface area contributed by atoms with Crippen LogP contribution in [0.25, 0.3) is 0 Å². The third-order valence-corrected chi connectivity index (χ3v) is 2.80. The van der Waals surface area contributed by atoms with Gasteiger partial charge in [-0.05, 0) is 18.8 Å². The first-order chi connectivity index (χ1) is 4.80. The molecule has 10 heavy (non-hydrogen) atoms. The molecule has 1 rings (SSSR count). The molecule has 1 aliphatic rings. The molecule has 0 amide bonds. The summed E-state index contributed by atoms with van der Waals surface area (Å²) in [5, 5.41) is 0.123. The highest BCUT2D eigenvalue weighted by Crippen LogP contribution is 2.25. The molecular weight excluding hydrogens is 142 g/mol. The Morgan fingerprint density at radius 2 is 1.60 bits per heavy atom. The van der Waals surface area contributed by atoms with Crippen molar-refractivity contribution < 1.29 is 0 Å². The number of nitrogens with two attached hydrogens (primary N) is 1. The van der Waals surface area contributed by atoms with E-state index in [0.717, 1.165) is 0 Å². The predicted octanol–water partition coefficient (Wildman–Crippen LogP) is 2.17. The maximum Gasteiger partial charge on any atom is 0.0505 e. The monoisotopic (exact) mass is 159 g/mol. The minimum absolute atomic E-state index is 0.123. The summed E-state index contributed by atoms with van der Waals surface area (Å²) >= 11 is 4.27. The summed E-state index contributed by atoms with van der Waals surface area (Å²) in [6.07, 6.45) is 8.11. The highest BCUT2D eigenvalue weighted by molar-refractivity contribution is 7.80. The van der Waals surface area contributed by atoms with Gasteiger partial charge in [0.1, 0.15) is 0 Å². The van der Waals surface area contributed by atoms with Crippen molar-refractivity contribution >= 4 is 12.6 Å². The molecule has 60 valence electrons. The van der Waals surface area contributed by atoms with E-state index in [2.05, 4.69) is 12.6 Å². The van der Waals surface area contributed by atoms with E-state index in [-0.39, 0.29) is 5.37 Å². The summed E-state index contributed by atoms with van der Waals surface area (Å²) in [4.78, 5) is 0. The highest BCUT2D eigenvalue weighted by atomic mass is 32.1. The Kier molecular flexibility index (Phi) is 3.57. The molecule has 2 N–H and O–H groups in total. The standard InChI is InChI=1S/C8H17NS/c9-8(10)7-5-3-1-2-4-6-7/h7-8,10H,1-6,9H2. The minimum atomic E-state index is 0.123. The van der Waals surface area contributed by atoms with Crippen molar-refractivity contribution in [1.29, 1.82) is 0 Å². The maximum atomic E-state index is 5.70. The number of thiol groups is 1. The van der Waals surface area contributed by atoms with Gasteiger partial charge >= 0.3 is 0 Å². The molecule has 0 saturated heterocycles. The molecule has 0 spiro atoms. The van der Waals surface area contributed by atoms with Gasteiger partial charge in [0, 0.05) is 0 Å². The fourth-order valence-corrected chi connectivity index (χ4v) is 1.95. The first-order valence-corrected chi connectivity index (χ1v) is 4.76. The molecular formula is C8H17NS. The second kappa shape index (κ2) is 4.24. The first kappa shape index (κ1) is 8.41. The largest absolute Gasteiger partial charge is 0.319 e. The Hall–Kier alpha value is 0.310. The number of hydrogen-bond donors (Lipinski definition) is 2. The SMILES string of the molecule is NC(S)C1CCCCCC1. The molecule has 1 nitrogen and oxygen atoms in total. The van der Waals surface area contributed by atoms with Crippen molar-refractivity contribution in [3.63, 3.8) is 0 Å². The van der Waals surface area contributed by atoms with E-state index in [0.29, 0.717) is 5.92 Å². The molecule has 0 aromatic heterocycles. The Balaban J connectivity index is 2.28. The van der Waals surface area contributed by atoms with E-state index in [1.807, 2.05) is 0 Å². The lowest BCUT2D eigenvalue weighted by Gasteiger charge is -2.16. The quantitative estimate of drug-likeness (QED) is 0.342. The zero-order valence-corrected chi connectivity index (χ0v) is 7.32. The third kappa shape index (κ3) is 2.51. The zero-order chi connectivity index (χ0) is 7.40.